The summed E-state index contributed by atoms with van der Waals surface area (Å²) in [5, 5.41) is 17.8. The van der Waals surface area contributed by atoms with Crippen molar-refractivity contribution in [1.82, 2.24) is 20.2 Å². The van der Waals surface area contributed by atoms with Gasteiger partial charge in [0.2, 0.25) is 0 Å². The van der Waals surface area contributed by atoms with Crippen molar-refractivity contribution < 1.29 is 0 Å². The third kappa shape index (κ3) is 3.04. The zero-order valence-corrected chi connectivity index (χ0v) is 13.7. The summed E-state index contributed by atoms with van der Waals surface area (Å²) in [6.45, 7) is 0. The van der Waals surface area contributed by atoms with Crippen LogP contribution in [0.3, 0.4) is 0 Å². The summed E-state index contributed by atoms with van der Waals surface area (Å²) in [7, 11) is 0. The molecule has 0 atom stereocenters. The molecule has 122 valence electrons. The summed E-state index contributed by atoms with van der Waals surface area (Å²) in [5.41, 5.74) is 5.31. The van der Waals surface area contributed by atoms with Crippen LogP contribution in [0.25, 0.3) is 33.9 Å². The van der Waals surface area contributed by atoms with Crippen molar-refractivity contribution in [3.8, 4) is 40.0 Å². The van der Waals surface area contributed by atoms with Crippen LogP contribution in [0.5, 0.6) is 0 Å². The molecule has 0 aliphatic rings. The van der Waals surface area contributed by atoms with Crippen LogP contribution < -0.4 is 0 Å². The maximum absolute atomic E-state index is 9.03. The van der Waals surface area contributed by atoms with Crippen molar-refractivity contribution in [2.75, 3.05) is 0 Å². The van der Waals surface area contributed by atoms with E-state index >= 15 is 0 Å². The Morgan fingerprint density at radius 3 is 2.00 bits per heavy atom. The molecule has 0 saturated carbocycles. The molecule has 4 aromatic rings. The van der Waals surface area contributed by atoms with E-state index in [-0.39, 0.29) is 0 Å². The van der Waals surface area contributed by atoms with Crippen LogP contribution in [0, 0.1) is 11.3 Å². The number of hydrogen-bond donors (Lipinski definition) is 0. The maximum atomic E-state index is 9.03. The Morgan fingerprint density at radius 2 is 1.38 bits per heavy atom. The monoisotopic (exact) mass is 335 g/mol. The van der Waals surface area contributed by atoms with Crippen molar-refractivity contribution in [3.63, 3.8) is 0 Å². The normalized spacial score (nSPS) is 10.3. The molecule has 0 fully saturated rings. The number of pyridine rings is 2. The molecule has 3 aromatic heterocycles. The highest BCUT2D eigenvalue weighted by molar-refractivity contribution is 5.81. The minimum atomic E-state index is 0.611. The second-order valence-electron chi connectivity index (χ2n) is 5.61. The van der Waals surface area contributed by atoms with E-state index in [0.717, 1.165) is 22.5 Å². The van der Waals surface area contributed by atoms with Crippen LogP contribution >= 0.6 is 0 Å². The minimum absolute atomic E-state index is 0.611. The third-order valence-electron chi connectivity index (χ3n) is 3.95. The lowest BCUT2D eigenvalue weighted by atomic mass is 10.00. The van der Waals surface area contributed by atoms with Gasteiger partial charge in [0.1, 0.15) is 11.4 Å². The molecule has 0 radical (unpaired) electrons. The van der Waals surface area contributed by atoms with Crippen molar-refractivity contribution in [2.24, 2.45) is 0 Å². The third-order valence-corrected chi connectivity index (χ3v) is 3.95. The topological polar surface area (TPSA) is 75.3 Å². The van der Waals surface area contributed by atoms with Gasteiger partial charge in [-0.1, -0.05) is 24.3 Å². The number of nitrogens with zero attached hydrogens (tertiary/aromatic N) is 5. The van der Waals surface area contributed by atoms with E-state index in [9.17, 15) is 0 Å². The number of nitriles is 1. The Kier molecular flexibility index (Phi) is 4.15. The Labute approximate surface area is 150 Å². The van der Waals surface area contributed by atoms with E-state index in [2.05, 4.69) is 26.2 Å². The summed E-state index contributed by atoms with van der Waals surface area (Å²) < 4.78 is 0. The van der Waals surface area contributed by atoms with E-state index in [1.807, 2.05) is 54.6 Å². The standard InChI is InChI=1S/C21H13N5/c22-14-15-7-9-16(10-8-15)17-13-20(18-5-1-3-11-23-18)25-26-21(17)19-6-2-4-12-24-19/h1-13H. The molecule has 3 heterocycles. The molecule has 4 rings (SSSR count). The summed E-state index contributed by atoms with van der Waals surface area (Å²) >= 11 is 0. The molecule has 0 bridgehead atoms. The molecular weight excluding hydrogens is 322 g/mol. The average Bonchev–Trinajstić information content (AvgIpc) is 2.75. The SMILES string of the molecule is N#Cc1ccc(-c2cc(-c3ccccn3)nnc2-c2ccccn2)cc1. The van der Waals surface area contributed by atoms with E-state index < -0.39 is 0 Å². The van der Waals surface area contributed by atoms with E-state index in [1.54, 1.807) is 24.5 Å². The van der Waals surface area contributed by atoms with Gasteiger partial charge in [0.15, 0.2) is 0 Å². The number of rotatable bonds is 3. The maximum Gasteiger partial charge on any atom is 0.119 e. The number of aromatic nitrogens is 4. The van der Waals surface area contributed by atoms with Crippen molar-refractivity contribution >= 4 is 0 Å². The van der Waals surface area contributed by atoms with Crippen molar-refractivity contribution in [3.05, 3.63) is 84.7 Å². The molecule has 5 nitrogen and oxygen atoms in total. The smallest absolute Gasteiger partial charge is 0.119 e. The summed E-state index contributed by atoms with van der Waals surface area (Å²) in [6, 6.07) is 22.8. The first-order chi connectivity index (χ1) is 12.8. The fourth-order valence-corrected chi connectivity index (χ4v) is 2.67. The first-order valence-electron chi connectivity index (χ1n) is 8.06. The quantitative estimate of drug-likeness (QED) is 0.562. The van der Waals surface area contributed by atoms with Gasteiger partial charge in [0.05, 0.1) is 23.0 Å². The van der Waals surface area contributed by atoms with Crippen molar-refractivity contribution in [2.45, 2.75) is 0 Å². The van der Waals surface area contributed by atoms with E-state index in [4.69, 9.17) is 5.26 Å². The van der Waals surface area contributed by atoms with E-state index in [0.29, 0.717) is 17.0 Å². The van der Waals surface area contributed by atoms with Gasteiger partial charge in [-0.05, 0) is 48.0 Å². The van der Waals surface area contributed by atoms with Crippen LogP contribution in [0.4, 0.5) is 0 Å². The predicted octanol–water partition coefficient (Wildman–Crippen LogP) is 4.14. The lowest BCUT2D eigenvalue weighted by Gasteiger charge is -2.10. The Hall–Kier alpha value is -3.91. The van der Waals surface area contributed by atoms with Crippen molar-refractivity contribution in [1.29, 1.82) is 5.26 Å². The molecule has 5 heteroatoms. The zero-order chi connectivity index (χ0) is 17.8. The molecule has 0 amide bonds. The second-order valence-corrected chi connectivity index (χ2v) is 5.61. The van der Waals surface area contributed by atoms with E-state index in [1.165, 1.54) is 0 Å². The van der Waals surface area contributed by atoms with Gasteiger partial charge in [0, 0.05) is 18.0 Å². The number of hydrogen-bond acceptors (Lipinski definition) is 5. The first kappa shape index (κ1) is 15.6. The van der Waals surface area contributed by atoms with Crippen LogP contribution in [-0.2, 0) is 0 Å². The van der Waals surface area contributed by atoms with Gasteiger partial charge in [-0.2, -0.15) is 5.26 Å². The molecule has 0 unspecified atom stereocenters. The zero-order valence-electron chi connectivity index (χ0n) is 13.7. The van der Waals surface area contributed by atoms with Gasteiger partial charge >= 0.3 is 0 Å². The highest BCUT2D eigenvalue weighted by Gasteiger charge is 2.14. The van der Waals surface area contributed by atoms with Crippen LogP contribution in [0.1, 0.15) is 5.56 Å². The molecule has 0 aliphatic heterocycles. The largest absolute Gasteiger partial charge is 0.255 e. The number of benzene rings is 1. The second kappa shape index (κ2) is 6.91. The summed E-state index contributed by atoms with van der Waals surface area (Å²) in [6.07, 6.45) is 3.46. The lowest BCUT2D eigenvalue weighted by molar-refractivity contribution is 1.03. The Morgan fingerprint density at radius 1 is 0.692 bits per heavy atom. The predicted molar refractivity (Wildman–Crippen MR) is 98.6 cm³/mol. The first-order valence-corrected chi connectivity index (χ1v) is 8.06. The van der Waals surface area contributed by atoms with Crippen LogP contribution in [0.15, 0.2) is 79.1 Å². The highest BCUT2D eigenvalue weighted by atomic mass is 15.1. The molecule has 0 saturated heterocycles. The fourth-order valence-electron chi connectivity index (χ4n) is 2.67. The lowest BCUT2D eigenvalue weighted by Crippen LogP contribution is -1.97. The van der Waals surface area contributed by atoms with Gasteiger partial charge in [-0.15, -0.1) is 10.2 Å². The highest BCUT2D eigenvalue weighted by Crippen LogP contribution is 2.31. The molecule has 0 aliphatic carbocycles. The minimum Gasteiger partial charge on any atom is -0.255 e. The summed E-state index contributed by atoms with van der Waals surface area (Å²) in [4.78, 5) is 8.75. The van der Waals surface area contributed by atoms with Gasteiger partial charge in [-0.3, -0.25) is 9.97 Å². The van der Waals surface area contributed by atoms with Crippen LogP contribution in [-0.4, -0.2) is 20.2 Å². The van der Waals surface area contributed by atoms with Gasteiger partial charge in [-0.25, -0.2) is 0 Å². The van der Waals surface area contributed by atoms with Crippen LogP contribution in [0.2, 0.25) is 0 Å². The van der Waals surface area contributed by atoms with Gasteiger partial charge in [0.25, 0.3) is 0 Å². The summed E-state index contributed by atoms with van der Waals surface area (Å²) in [5.74, 6) is 0. The van der Waals surface area contributed by atoms with Gasteiger partial charge < -0.3 is 0 Å². The molecular formula is C21H13N5. The molecule has 0 N–H and O–H groups in total. The molecule has 26 heavy (non-hydrogen) atoms. The fraction of sp³-hybridized carbons (Fsp3) is 0. The Balaban J connectivity index is 1.90. The molecule has 1 aromatic carbocycles. The molecule has 0 spiro atoms. The Bertz CT molecular complexity index is 1070. The average molecular weight is 335 g/mol.